The zero-order chi connectivity index (χ0) is 21.2. The number of hydrogen-bond donors (Lipinski definition) is 2. The molecule has 1 heterocycles. The minimum Gasteiger partial charge on any atom is -0.345 e. The highest BCUT2D eigenvalue weighted by atomic mass is 32.2. The van der Waals surface area contributed by atoms with Crippen LogP contribution in [0.2, 0.25) is 0 Å². The molecule has 1 aromatic heterocycles. The summed E-state index contributed by atoms with van der Waals surface area (Å²) in [5, 5.41) is 15.2. The molecular formula is C20H19N5OS4. The van der Waals surface area contributed by atoms with E-state index >= 15 is 0 Å². The molecule has 0 radical (unpaired) electrons. The number of carbonyl (C=O) groups excluding carboxylic acids is 1. The maximum absolute atomic E-state index is 11.9. The van der Waals surface area contributed by atoms with Crippen molar-refractivity contribution in [3.8, 4) is 0 Å². The lowest BCUT2D eigenvalue weighted by Gasteiger charge is -2.03. The Morgan fingerprint density at radius 1 is 1.10 bits per heavy atom. The summed E-state index contributed by atoms with van der Waals surface area (Å²) < 4.78 is 1.63. The maximum atomic E-state index is 11.9. The normalized spacial score (nSPS) is 10.8. The van der Waals surface area contributed by atoms with Crippen LogP contribution in [0.5, 0.6) is 0 Å². The molecule has 0 aliphatic heterocycles. The van der Waals surface area contributed by atoms with Gasteiger partial charge in [0.05, 0.1) is 12.0 Å². The average Bonchev–Trinajstić information content (AvgIpc) is 3.20. The first-order valence-electron chi connectivity index (χ1n) is 8.91. The zero-order valence-corrected chi connectivity index (χ0v) is 19.3. The van der Waals surface area contributed by atoms with Gasteiger partial charge in [0.2, 0.25) is 0 Å². The lowest BCUT2D eigenvalue weighted by molar-refractivity contribution is -0.118. The third kappa shape index (κ3) is 7.86. The van der Waals surface area contributed by atoms with Gasteiger partial charge in [0, 0.05) is 11.4 Å². The van der Waals surface area contributed by atoms with E-state index in [0.717, 1.165) is 20.1 Å². The number of hydrazone groups is 1. The van der Waals surface area contributed by atoms with Crippen LogP contribution in [0.4, 0.5) is 5.69 Å². The zero-order valence-electron chi connectivity index (χ0n) is 16.1. The van der Waals surface area contributed by atoms with E-state index in [1.807, 2.05) is 30.3 Å². The van der Waals surface area contributed by atoms with Gasteiger partial charge in [0.15, 0.2) is 8.68 Å². The van der Waals surface area contributed by atoms with E-state index in [1.165, 1.54) is 40.4 Å². The molecule has 30 heavy (non-hydrogen) atoms. The van der Waals surface area contributed by atoms with Gasteiger partial charge >= 0.3 is 0 Å². The Kier molecular flexibility index (Phi) is 8.81. The second-order valence-electron chi connectivity index (χ2n) is 6.05. The van der Waals surface area contributed by atoms with E-state index < -0.39 is 0 Å². The van der Waals surface area contributed by atoms with Gasteiger partial charge in [-0.3, -0.25) is 4.79 Å². The Labute approximate surface area is 193 Å². The number of anilines is 1. The van der Waals surface area contributed by atoms with Gasteiger partial charge in [-0.15, -0.1) is 10.2 Å². The SMILES string of the molecule is Cc1ccc(CSc2nnc(SCC(=O)N/N=C/C(=S)Nc3ccccc3)s2)cc1. The highest BCUT2D eigenvalue weighted by molar-refractivity contribution is 8.03. The minimum atomic E-state index is -0.234. The van der Waals surface area contributed by atoms with E-state index in [-0.39, 0.29) is 11.7 Å². The molecule has 1 amide bonds. The van der Waals surface area contributed by atoms with Crippen molar-refractivity contribution >= 4 is 69.9 Å². The largest absolute Gasteiger partial charge is 0.345 e. The fourth-order valence-corrected chi connectivity index (χ4v) is 5.10. The number of aryl methyl sites for hydroxylation is 1. The summed E-state index contributed by atoms with van der Waals surface area (Å²) in [5.41, 5.74) is 5.81. The van der Waals surface area contributed by atoms with Gasteiger partial charge in [0.1, 0.15) is 4.99 Å². The topological polar surface area (TPSA) is 79.3 Å². The number of thioether (sulfide) groups is 2. The number of rotatable bonds is 9. The molecular weight excluding hydrogens is 455 g/mol. The summed E-state index contributed by atoms with van der Waals surface area (Å²) in [6.45, 7) is 2.07. The lowest BCUT2D eigenvalue weighted by atomic mass is 10.2. The first-order valence-corrected chi connectivity index (χ1v) is 12.1. The summed E-state index contributed by atoms with van der Waals surface area (Å²) in [6, 6.07) is 17.9. The molecule has 0 saturated carbocycles. The summed E-state index contributed by atoms with van der Waals surface area (Å²) in [7, 11) is 0. The van der Waals surface area contributed by atoms with E-state index in [0.29, 0.717) is 4.99 Å². The van der Waals surface area contributed by atoms with Crippen molar-refractivity contribution in [1.29, 1.82) is 0 Å². The van der Waals surface area contributed by atoms with E-state index in [1.54, 1.807) is 11.8 Å². The number of carbonyl (C=O) groups is 1. The van der Waals surface area contributed by atoms with Crippen molar-refractivity contribution in [2.75, 3.05) is 11.1 Å². The Morgan fingerprint density at radius 2 is 1.80 bits per heavy atom. The molecule has 0 fully saturated rings. The number of nitrogens with one attached hydrogen (secondary N) is 2. The van der Waals surface area contributed by atoms with E-state index in [2.05, 4.69) is 57.2 Å². The summed E-state index contributed by atoms with van der Waals surface area (Å²) in [4.78, 5) is 12.4. The molecule has 2 aromatic carbocycles. The Bertz CT molecular complexity index is 1010. The maximum Gasteiger partial charge on any atom is 0.250 e. The number of hydrogen-bond acceptors (Lipinski definition) is 8. The van der Waals surface area contributed by atoms with E-state index in [4.69, 9.17) is 12.2 Å². The van der Waals surface area contributed by atoms with Crippen LogP contribution in [-0.2, 0) is 10.5 Å². The number of aromatic nitrogens is 2. The fraction of sp³-hybridized carbons (Fsp3) is 0.150. The third-order valence-corrected chi connectivity index (χ3v) is 7.08. The standard InChI is InChI=1S/C20H19N5OS4/c1-14-7-9-15(10-8-14)12-28-19-24-25-20(30-19)29-13-17(26)23-21-11-18(27)22-16-5-3-2-4-6-16/h2-11H,12-13H2,1H3,(H,22,27)(H,23,26)/b21-11+. The molecule has 3 rings (SSSR count). The number of nitrogens with zero attached hydrogens (tertiary/aromatic N) is 3. The predicted molar refractivity (Wildman–Crippen MR) is 131 cm³/mol. The van der Waals surface area contributed by atoms with Crippen molar-refractivity contribution in [2.24, 2.45) is 5.10 Å². The van der Waals surface area contributed by atoms with Crippen molar-refractivity contribution in [3.05, 3.63) is 65.7 Å². The second kappa shape index (κ2) is 11.8. The highest BCUT2D eigenvalue weighted by Gasteiger charge is 2.08. The Morgan fingerprint density at radius 3 is 2.53 bits per heavy atom. The van der Waals surface area contributed by atoms with Crippen LogP contribution in [0.1, 0.15) is 11.1 Å². The van der Waals surface area contributed by atoms with Crippen molar-refractivity contribution in [3.63, 3.8) is 0 Å². The third-order valence-electron chi connectivity index (χ3n) is 3.61. The summed E-state index contributed by atoms with van der Waals surface area (Å²) in [6.07, 6.45) is 1.40. The van der Waals surface area contributed by atoms with Crippen LogP contribution in [0.25, 0.3) is 0 Å². The Hall–Kier alpha value is -2.27. The van der Waals surface area contributed by atoms with Gasteiger partial charge in [-0.1, -0.05) is 95.1 Å². The van der Waals surface area contributed by atoms with Crippen molar-refractivity contribution in [2.45, 2.75) is 21.4 Å². The van der Waals surface area contributed by atoms with Crippen molar-refractivity contribution < 1.29 is 4.79 Å². The molecule has 154 valence electrons. The number of amides is 1. The van der Waals surface area contributed by atoms with Crippen LogP contribution in [-0.4, -0.2) is 33.1 Å². The first-order chi connectivity index (χ1) is 14.6. The fourth-order valence-electron chi connectivity index (χ4n) is 2.16. The molecule has 0 bridgehead atoms. The molecule has 3 aromatic rings. The van der Waals surface area contributed by atoms with E-state index in [9.17, 15) is 4.79 Å². The highest BCUT2D eigenvalue weighted by Crippen LogP contribution is 2.30. The summed E-state index contributed by atoms with van der Waals surface area (Å²) >= 11 is 9.61. The lowest BCUT2D eigenvalue weighted by Crippen LogP contribution is -2.21. The second-order valence-corrected chi connectivity index (χ2v) is 9.91. The smallest absolute Gasteiger partial charge is 0.250 e. The molecule has 10 heteroatoms. The van der Waals surface area contributed by atoms with Crippen LogP contribution < -0.4 is 10.7 Å². The molecule has 6 nitrogen and oxygen atoms in total. The molecule has 0 spiro atoms. The molecule has 0 aliphatic carbocycles. The predicted octanol–water partition coefficient (Wildman–Crippen LogP) is 4.77. The van der Waals surface area contributed by atoms with Crippen LogP contribution in [0.3, 0.4) is 0 Å². The van der Waals surface area contributed by atoms with Crippen molar-refractivity contribution in [1.82, 2.24) is 15.6 Å². The first kappa shape index (κ1) is 22.4. The van der Waals surface area contributed by atoms with Gasteiger partial charge in [-0.2, -0.15) is 5.10 Å². The van der Waals surface area contributed by atoms with Crippen LogP contribution >= 0.6 is 47.1 Å². The average molecular weight is 474 g/mol. The number of para-hydroxylation sites is 1. The van der Waals surface area contributed by atoms with Gasteiger partial charge < -0.3 is 5.32 Å². The molecule has 0 aliphatic rings. The summed E-state index contributed by atoms with van der Waals surface area (Å²) in [5.74, 6) is 0.807. The van der Waals surface area contributed by atoms with Crippen LogP contribution in [0.15, 0.2) is 68.4 Å². The van der Waals surface area contributed by atoms with Crippen LogP contribution in [0, 0.1) is 6.92 Å². The van der Waals surface area contributed by atoms with Gasteiger partial charge in [0.25, 0.3) is 5.91 Å². The van der Waals surface area contributed by atoms with Gasteiger partial charge in [-0.25, -0.2) is 5.43 Å². The Balaban J connectivity index is 1.36. The minimum absolute atomic E-state index is 0.202. The molecule has 2 N–H and O–H groups in total. The monoisotopic (exact) mass is 473 g/mol. The molecule has 0 saturated heterocycles. The van der Waals surface area contributed by atoms with Gasteiger partial charge in [-0.05, 0) is 24.6 Å². The number of benzene rings is 2. The molecule has 0 atom stereocenters. The number of thiocarbonyl (C=S) groups is 1. The quantitative estimate of drug-likeness (QED) is 0.200. The molecule has 0 unspecified atom stereocenters.